The molecule has 1 atom stereocenters. The Bertz CT molecular complexity index is 109. The summed E-state index contributed by atoms with van der Waals surface area (Å²) in [6, 6.07) is 0. The quantitative estimate of drug-likeness (QED) is 0.452. The standard InChI is InChI=1S/C9H21NO2/c1-3-6-9(11,4-2)12-8-5-7-10/h11H,3-8,10H2,1-2H3. The molecule has 0 aliphatic carbocycles. The summed E-state index contributed by atoms with van der Waals surface area (Å²) in [6.45, 7) is 5.14. The molecule has 74 valence electrons. The largest absolute Gasteiger partial charge is 0.365 e. The van der Waals surface area contributed by atoms with E-state index in [1.807, 2.05) is 13.8 Å². The Morgan fingerprint density at radius 3 is 2.50 bits per heavy atom. The molecule has 0 bridgehead atoms. The van der Waals surface area contributed by atoms with Crippen LogP contribution in [0.1, 0.15) is 39.5 Å². The first kappa shape index (κ1) is 11.9. The second-order valence-corrected chi connectivity index (χ2v) is 3.04. The fourth-order valence-corrected chi connectivity index (χ4v) is 1.09. The number of nitrogens with two attached hydrogens (primary N) is 1. The third-order valence-corrected chi connectivity index (χ3v) is 1.91. The van der Waals surface area contributed by atoms with Crippen LogP contribution >= 0.6 is 0 Å². The Morgan fingerprint density at radius 2 is 2.08 bits per heavy atom. The minimum Gasteiger partial charge on any atom is -0.365 e. The van der Waals surface area contributed by atoms with Crippen molar-refractivity contribution in [3.63, 3.8) is 0 Å². The molecule has 1 unspecified atom stereocenters. The lowest BCUT2D eigenvalue weighted by Crippen LogP contribution is -2.32. The molecule has 0 radical (unpaired) electrons. The molecular formula is C9H21NO2. The normalized spacial score (nSPS) is 16.0. The zero-order valence-electron chi connectivity index (χ0n) is 8.18. The van der Waals surface area contributed by atoms with E-state index in [-0.39, 0.29) is 0 Å². The lowest BCUT2D eigenvalue weighted by Gasteiger charge is -2.26. The zero-order chi connectivity index (χ0) is 9.45. The van der Waals surface area contributed by atoms with E-state index in [4.69, 9.17) is 10.5 Å². The van der Waals surface area contributed by atoms with Crippen LogP contribution in [0.2, 0.25) is 0 Å². The average molecular weight is 175 g/mol. The summed E-state index contributed by atoms with van der Waals surface area (Å²) < 4.78 is 5.34. The average Bonchev–Trinajstić information content (AvgIpc) is 2.06. The van der Waals surface area contributed by atoms with Crippen LogP contribution in [0.5, 0.6) is 0 Å². The van der Waals surface area contributed by atoms with Gasteiger partial charge in [0.15, 0.2) is 5.79 Å². The first-order valence-electron chi connectivity index (χ1n) is 4.75. The maximum absolute atomic E-state index is 9.78. The van der Waals surface area contributed by atoms with Gasteiger partial charge in [-0.3, -0.25) is 0 Å². The molecule has 0 amide bonds. The Labute approximate surface area is 74.9 Å². The van der Waals surface area contributed by atoms with E-state index in [1.165, 1.54) is 0 Å². The van der Waals surface area contributed by atoms with Gasteiger partial charge < -0.3 is 15.6 Å². The Morgan fingerprint density at radius 1 is 1.42 bits per heavy atom. The van der Waals surface area contributed by atoms with Crippen molar-refractivity contribution in [3.8, 4) is 0 Å². The molecule has 0 saturated carbocycles. The number of hydrogen-bond acceptors (Lipinski definition) is 3. The predicted octanol–water partition coefficient (Wildman–Crippen LogP) is 1.25. The van der Waals surface area contributed by atoms with Crippen molar-refractivity contribution >= 4 is 0 Å². The Kier molecular flexibility index (Phi) is 6.34. The van der Waals surface area contributed by atoms with E-state index in [0.717, 1.165) is 12.8 Å². The maximum Gasteiger partial charge on any atom is 0.165 e. The molecule has 0 aromatic rings. The van der Waals surface area contributed by atoms with E-state index >= 15 is 0 Å². The van der Waals surface area contributed by atoms with Gasteiger partial charge in [-0.25, -0.2) is 0 Å². The molecule has 0 aromatic carbocycles. The lowest BCUT2D eigenvalue weighted by atomic mass is 10.1. The van der Waals surface area contributed by atoms with Gasteiger partial charge in [-0.05, 0) is 19.4 Å². The summed E-state index contributed by atoms with van der Waals surface area (Å²) in [5.41, 5.74) is 5.31. The van der Waals surface area contributed by atoms with Crippen LogP contribution in [0.4, 0.5) is 0 Å². The van der Waals surface area contributed by atoms with Crippen molar-refractivity contribution in [2.45, 2.75) is 45.3 Å². The van der Waals surface area contributed by atoms with Crippen molar-refractivity contribution in [2.24, 2.45) is 5.73 Å². The van der Waals surface area contributed by atoms with Gasteiger partial charge in [-0.2, -0.15) is 0 Å². The van der Waals surface area contributed by atoms with Gasteiger partial charge in [0.05, 0.1) is 6.61 Å². The van der Waals surface area contributed by atoms with E-state index in [1.54, 1.807) is 0 Å². The van der Waals surface area contributed by atoms with Gasteiger partial charge in [-0.15, -0.1) is 0 Å². The van der Waals surface area contributed by atoms with Crippen LogP contribution < -0.4 is 5.73 Å². The molecule has 0 aliphatic rings. The fraction of sp³-hybridized carbons (Fsp3) is 1.00. The second kappa shape index (κ2) is 6.40. The van der Waals surface area contributed by atoms with Crippen molar-refractivity contribution in [1.82, 2.24) is 0 Å². The highest BCUT2D eigenvalue weighted by Gasteiger charge is 2.23. The minimum atomic E-state index is -0.913. The lowest BCUT2D eigenvalue weighted by molar-refractivity contribution is -0.209. The first-order chi connectivity index (χ1) is 5.68. The molecule has 0 rings (SSSR count). The second-order valence-electron chi connectivity index (χ2n) is 3.04. The summed E-state index contributed by atoms with van der Waals surface area (Å²) >= 11 is 0. The summed E-state index contributed by atoms with van der Waals surface area (Å²) in [5.74, 6) is -0.913. The SMILES string of the molecule is CCCC(O)(CC)OCCCN. The number of hydrogen-bond donors (Lipinski definition) is 2. The molecule has 3 N–H and O–H groups in total. The maximum atomic E-state index is 9.78. The summed E-state index contributed by atoms with van der Waals surface area (Å²) in [6.07, 6.45) is 3.10. The highest BCUT2D eigenvalue weighted by molar-refractivity contribution is 4.63. The van der Waals surface area contributed by atoms with Crippen LogP contribution in [0.15, 0.2) is 0 Å². The highest BCUT2D eigenvalue weighted by Crippen LogP contribution is 2.18. The smallest absolute Gasteiger partial charge is 0.165 e. The van der Waals surface area contributed by atoms with Crippen LogP contribution in [-0.2, 0) is 4.74 Å². The van der Waals surface area contributed by atoms with Crippen molar-refractivity contribution in [1.29, 1.82) is 0 Å². The molecule has 0 saturated heterocycles. The first-order valence-corrected chi connectivity index (χ1v) is 4.75. The van der Waals surface area contributed by atoms with Crippen molar-refractivity contribution in [2.75, 3.05) is 13.2 Å². The van der Waals surface area contributed by atoms with Crippen LogP contribution in [-0.4, -0.2) is 24.0 Å². The molecule has 0 aromatic heterocycles. The summed E-state index contributed by atoms with van der Waals surface area (Å²) in [7, 11) is 0. The van der Waals surface area contributed by atoms with Crippen LogP contribution in [0, 0.1) is 0 Å². The van der Waals surface area contributed by atoms with Crippen molar-refractivity contribution in [3.05, 3.63) is 0 Å². The van der Waals surface area contributed by atoms with E-state index < -0.39 is 5.79 Å². The van der Waals surface area contributed by atoms with Gasteiger partial charge in [0.2, 0.25) is 0 Å². The number of aliphatic hydroxyl groups is 1. The minimum absolute atomic E-state index is 0.556. The van der Waals surface area contributed by atoms with Crippen molar-refractivity contribution < 1.29 is 9.84 Å². The molecule has 3 heteroatoms. The number of rotatable bonds is 7. The summed E-state index contributed by atoms with van der Waals surface area (Å²) in [5, 5.41) is 9.78. The molecule has 0 heterocycles. The molecule has 0 aliphatic heterocycles. The van der Waals surface area contributed by atoms with Gasteiger partial charge in [-0.1, -0.05) is 20.3 Å². The Balaban J connectivity index is 3.63. The van der Waals surface area contributed by atoms with Gasteiger partial charge in [0.1, 0.15) is 0 Å². The summed E-state index contributed by atoms with van der Waals surface area (Å²) in [4.78, 5) is 0. The molecule has 3 nitrogen and oxygen atoms in total. The molecule has 12 heavy (non-hydrogen) atoms. The van der Waals surface area contributed by atoms with Gasteiger partial charge in [0, 0.05) is 6.42 Å². The molecule has 0 fully saturated rings. The monoisotopic (exact) mass is 175 g/mol. The zero-order valence-corrected chi connectivity index (χ0v) is 8.18. The van der Waals surface area contributed by atoms with Gasteiger partial charge >= 0.3 is 0 Å². The van der Waals surface area contributed by atoms with Crippen LogP contribution in [0.25, 0.3) is 0 Å². The third-order valence-electron chi connectivity index (χ3n) is 1.91. The highest BCUT2D eigenvalue weighted by atomic mass is 16.6. The predicted molar refractivity (Wildman–Crippen MR) is 49.8 cm³/mol. The van der Waals surface area contributed by atoms with E-state index in [2.05, 4.69) is 0 Å². The van der Waals surface area contributed by atoms with E-state index in [0.29, 0.717) is 26.0 Å². The number of ether oxygens (including phenoxy) is 1. The third kappa shape index (κ3) is 4.70. The topological polar surface area (TPSA) is 55.5 Å². The van der Waals surface area contributed by atoms with Gasteiger partial charge in [0.25, 0.3) is 0 Å². The molecule has 0 spiro atoms. The molecular weight excluding hydrogens is 154 g/mol. The van der Waals surface area contributed by atoms with E-state index in [9.17, 15) is 5.11 Å². The van der Waals surface area contributed by atoms with Crippen LogP contribution in [0.3, 0.4) is 0 Å². The Hall–Kier alpha value is -0.120. The fourth-order valence-electron chi connectivity index (χ4n) is 1.09.